The van der Waals surface area contributed by atoms with Crippen molar-refractivity contribution < 1.29 is 8.42 Å². The van der Waals surface area contributed by atoms with Crippen LogP contribution in [0.25, 0.3) is 22.3 Å². The van der Waals surface area contributed by atoms with Crippen molar-refractivity contribution >= 4 is 44.1 Å². The van der Waals surface area contributed by atoms with Crippen LogP contribution in [-0.2, 0) is 16.6 Å². The first kappa shape index (κ1) is 35.8. The fourth-order valence-corrected chi connectivity index (χ4v) is 9.53. The van der Waals surface area contributed by atoms with E-state index in [-0.39, 0.29) is 11.3 Å². The predicted molar refractivity (Wildman–Crippen MR) is 215 cm³/mol. The van der Waals surface area contributed by atoms with Crippen molar-refractivity contribution in [3.63, 3.8) is 0 Å². The molecule has 16 heteroatoms. The Morgan fingerprint density at radius 3 is 2.53 bits per heavy atom. The highest BCUT2D eigenvalue weighted by atomic mass is 32.2. The first-order chi connectivity index (χ1) is 26.8. The summed E-state index contributed by atoms with van der Waals surface area (Å²) in [6.07, 6.45) is 14.5. The van der Waals surface area contributed by atoms with Crippen LogP contribution >= 0.6 is 0 Å². The van der Waals surface area contributed by atoms with Crippen LogP contribution in [0.4, 0.5) is 23.1 Å². The quantitative estimate of drug-likeness (QED) is 0.196. The second-order valence-corrected chi connectivity index (χ2v) is 17.4. The number of hydrogen-bond donors (Lipinski definition) is 2. The topological polar surface area (TPSA) is 145 Å². The largest absolute Gasteiger partial charge is 0.354 e. The van der Waals surface area contributed by atoms with Crippen molar-refractivity contribution in [1.29, 1.82) is 0 Å². The van der Waals surface area contributed by atoms with Gasteiger partial charge < -0.3 is 15.1 Å². The van der Waals surface area contributed by atoms with E-state index in [0.717, 1.165) is 92.7 Å². The number of nitrogens with one attached hydrogen (secondary N) is 2. The Morgan fingerprint density at radius 1 is 0.945 bits per heavy atom. The van der Waals surface area contributed by atoms with Crippen LogP contribution in [0.3, 0.4) is 0 Å². The number of fused-ring (bicyclic) bond motifs is 1. The van der Waals surface area contributed by atoms with Gasteiger partial charge in [-0.25, -0.2) is 23.4 Å². The minimum Gasteiger partial charge on any atom is -0.354 e. The smallest absolute Gasteiger partial charge is 0.256 e. The summed E-state index contributed by atoms with van der Waals surface area (Å²) in [5.74, 6) is 2.56. The molecule has 15 nitrogen and oxygen atoms in total. The molecule has 0 amide bonds. The molecule has 0 atom stereocenters. The Labute approximate surface area is 322 Å². The number of para-hydroxylation sites is 1. The van der Waals surface area contributed by atoms with E-state index in [9.17, 15) is 8.42 Å². The van der Waals surface area contributed by atoms with E-state index in [4.69, 9.17) is 10.1 Å². The Morgan fingerprint density at radius 2 is 1.76 bits per heavy atom. The molecule has 1 saturated carbocycles. The van der Waals surface area contributed by atoms with Gasteiger partial charge in [0, 0.05) is 94.8 Å². The van der Waals surface area contributed by atoms with E-state index in [2.05, 4.69) is 100 Å². The number of aromatic nitrogens is 7. The Bertz CT molecular complexity index is 2280. The van der Waals surface area contributed by atoms with Crippen LogP contribution < -0.4 is 20.4 Å². The third-order valence-corrected chi connectivity index (χ3v) is 13.2. The summed E-state index contributed by atoms with van der Waals surface area (Å²) >= 11 is 0. The summed E-state index contributed by atoms with van der Waals surface area (Å²) < 4.78 is 28.4. The monoisotopic (exact) mass is 763 g/mol. The second kappa shape index (κ2) is 15.0. The average Bonchev–Trinajstić information content (AvgIpc) is 3.84. The van der Waals surface area contributed by atoms with Crippen LogP contribution in [0.5, 0.6) is 0 Å². The molecule has 0 spiro atoms. The highest BCUT2D eigenvalue weighted by Crippen LogP contribution is 2.34. The molecule has 2 N–H and O–H groups in total. The van der Waals surface area contributed by atoms with E-state index in [1.807, 2.05) is 12.3 Å². The standard InChI is InChI=1S/C39H49N13O2S/c1-28(2)52-35-22-37(44-36-10-14-41-38(45-36)30-23-43-51(26-30)55(53,54)32-8-9-32)42-24-33(35)39(46-52)49-16-11-31(12-17-49)48-20-18-47(19-21-48)25-29-6-3-4-7-34(29)50-15-5-13-40-27-50/h3-7,10,14-15,22-24,26,28,31-32,40H,8-9,11-13,16-21,25,27H2,1-2H3,(H,41,42,44,45). The maximum Gasteiger partial charge on any atom is 0.256 e. The van der Waals surface area contributed by atoms with Gasteiger partial charge in [-0.1, -0.05) is 24.3 Å². The summed E-state index contributed by atoms with van der Waals surface area (Å²) in [5.41, 5.74) is 4.22. The molecule has 0 radical (unpaired) electrons. The van der Waals surface area contributed by atoms with Crippen LogP contribution in [0.15, 0.2) is 73.5 Å². The molecule has 9 rings (SSSR count). The maximum atomic E-state index is 12.6. The third-order valence-electron chi connectivity index (χ3n) is 11.2. The Balaban J connectivity index is 0.832. The van der Waals surface area contributed by atoms with Crippen LogP contribution in [0.2, 0.25) is 0 Å². The number of benzene rings is 1. The van der Waals surface area contributed by atoms with Crippen LogP contribution in [0, 0.1) is 0 Å². The molecule has 1 aliphatic carbocycles. The summed E-state index contributed by atoms with van der Waals surface area (Å²) in [7, 11) is -3.47. The first-order valence-corrected chi connectivity index (χ1v) is 21.0. The maximum absolute atomic E-state index is 12.6. The molecule has 1 aromatic carbocycles. The molecule has 7 heterocycles. The van der Waals surface area contributed by atoms with Gasteiger partial charge in [0.1, 0.15) is 11.6 Å². The Kier molecular flexibility index (Phi) is 9.74. The van der Waals surface area contributed by atoms with E-state index in [1.54, 1.807) is 12.3 Å². The van der Waals surface area contributed by atoms with Crippen molar-refractivity contribution in [2.24, 2.45) is 0 Å². The van der Waals surface area contributed by atoms with Gasteiger partial charge in [0.2, 0.25) is 0 Å². The third kappa shape index (κ3) is 7.43. The average molecular weight is 764 g/mol. The van der Waals surface area contributed by atoms with Crippen LogP contribution in [-0.4, -0.2) is 116 Å². The van der Waals surface area contributed by atoms with Crippen molar-refractivity contribution in [3.8, 4) is 11.4 Å². The SMILES string of the molecule is CC(C)n1nc(N2CCC(N3CCN(Cc4ccccc4N4C=CCNC4)CC3)CC2)c2cnc(Nc3ccnc(-c4cnn(S(=O)(=O)C5CC5)c4)n3)cc21. The molecule has 288 valence electrons. The lowest BCUT2D eigenvalue weighted by Gasteiger charge is -2.43. The van der Waals surface area contributed by atoms with E-state index in [0.29, 0.717) is 41.9 Å². The molecule has 55 heavy (non-hydrogen) atoms. The number of rotatable bonds is 11. The molecule has 3 aliphatic heterocycles. The lowest BCUT2D eigenvalue weighted by Crippen LogP contribution is -2.53. The zero-order valence-electron chi connectivity index (χ0n) is 31.5. The summed E-state index contributed by atoms with van der Waals surface area (Å²) in [6.45, 7) is 13.3. The van der Waals surface area contributed by atoms with Gasteiger partial charge >= 0.3 is 0 Å². The van der Waals surface area contributed by atoms with E-state index in [1.165, 1.54) is 23.6 Å². The molecular weight excluding hydrogens is 715 g/mol. The molecule has 5 aromatic rings. The van der Waals surface area contributed by atoms with Crippen molar-refractivity contribution in [1.82, 2.24) is 49.0 Å². The number of hydrogen-bond acceptors (Lipinski definition) is 13. The highest BCUT2D eigenvalue weighted by Gasteiger charge is 2.38. The normalized spacial score (nSPS) is 19.2. The lowest BCUT2D eigenvalue weighted by atomic mass is 10.0. The van der Waals surface area contributed by atoms with Crippen molar-refractivity contribution in [2.45, 2.75) is 63.4 Å². The fourth-order valence-electron chi connectivity index (χ4n) is 8.05. The molecular formula is C39H49N13O2S. The molecule has 4 aromatic heterocycles. The summed E-state index contributed by atoms with van der Waals surface area (Å²) in [5, 5.41) is 16.7. The molecule has 0 unspecified atom stereocenters. The number of piperazine rings is 1. The minimum atomic E-state index is -3.47. The van der Waals surface area contributed by atoms with Gasteiger partial charge in [-0.15, -0.1) is 0 Å². The number of nitrogens with zero attached hydrogens (tertiary/aromatic N) is 11. The van der Waals surface area contributed by atoms with Gasteiger partial charge in [-0.2, -0.15) is 14.3 Å². The van der Waals surface area contributed by atoms with E-state index >= 15 is 0 Å². The molecule has 0 bridgehead atoms. The van der Waals surface area contributed by atoms with Crippen molar-refractivity contribution in [2.75, 3.05) is 67.6 Å². The number of pyridine rings is 1. The molecule has 2 saturated heterocycles. The van der Waals surface area contributed by atoms with Crippen LogP contribution in [0.1, 0.15) is 51.1 Å². The second-order valence-electron chi connectivity index (χ2n) is 15.3. The zero-order valence-corrected chi connectivity index (χ0v) is 32.3. The first-order valence-electron chi connectivity index (χ1n) is 19.5. The lowest BCUT2D eigenvalue weighted by molar-refractivity contribution is 0.0812. The Hall–Kier alpha value is -4.90. The molecule has 4 aliphatic rings. The van der Waals surface area contributed by atoms with Gasteiger partial charge in [0.05, 0.1) is 40.8 Å². The van der Waals surface area contributed by atoms with Gasteiger partial charge in [0.15, 0.2) is 11.6 Å². The predicted octanol–water partition coefficient (Wildman–Crippen LogP) is 4.42. The van der Waals surface area contributed by atoms with Gasteiger partial charge in [-0.05, 0) is 57.2 Å². The number of piperidine rings is 1. The van der Waals surface area contributed by atoms with Gasteiger partial charge in [0.25, 0.3) is 10.0 Å². The summed E-state index contributed by atoms with van der Waals surface area (Å²) in [6, 6.07) is 13.3. The number of anilines is 4. The molecule has 3 fully saturated rings. The zero-order chi connectivity index (χ0) is 37.5. The summed E-state index contributed by atoms with van der Waals surface area (Å²) in [4.78, 5) is 23.9. The minimum absolute atomic E-state index is 0.161. The fraction of sp³-hybridized carbons (Fsp3) is 0.462. The van der Waals surface area contributed by atoms with Gasteiger partial charge in [-0.3, -0.25) is 19.8 Å². The van der Waals surface area contributed by atoms with E-state index < -0.39 is 10.0 Å². The highest BCUT2D eigenvalue weighted by molar-refractivity contribution is 7.90. The van der Waals surface area contributed by atoms with Crippen molar-refractivity contribution in [3.05, 3.63) is 79.0 Å².